The van der Waals surface area contributed by atoms with E-state index in [4.69, 9.17) is 4.74 Å². The number of rotatable bonds is 5. The van der Waals surface area contributed by atoms with Gasteiger partial charge in [-0.1, -0.05) is 18.2 Å². The summed E-state index contributed by atoms with van der Waals surface area (Å²) in [5.41, 5.74) is 3.47. The summed E-state index contributed by atoms with van der Waals surface area (Å²) in [6, 6.07) is 9.02. The van der Waals surface area contributed by atoms with Crippen molar-refractivity contribution in [1.82, 2.24) is 30.0 Å². The first-order chi connectivity index (χ1) is 17.0. The maximum Gasteiger partial charge on any atom is 0.295 e. The third kappa shape index (κ3) is 3.92. The number of amides is 2. The molecule has 0 bridgehead atoms. The highest BCUT2D eigenvalue weighted by atomic mass is 16.5. The van der Waals surface area contributed by atoms with Crippen molar-refractivity contribution in [3.8, 4) is 17.1 Å². The smallest absolute Gasteiger partial charge is 0.295 e. The summed E-state index contributed by atoms with van der Waals surface area (Å²) in [6.07, 6.45) is 4.79. The zero-order valence-electron chi connectivity index (χ0n) is 19.4. The second-order valence-corrected chi connectivity index (χ2v) is 8.32. The standard InChI is InChI=1S/C25H24N6O4/c1-15-12-28-29-20(15)22-21-19(18(35-2)14-27-22)17(13-26-21)23(32)25(34)31-10-8-30(9-11-31)24(33)16-6-4-3-5-7-16/h3-7,12-14,26H,8-11H2,1-2H3,(H,28,29). The van der Waals surface area contributed by atoms with Gasteiger partial charge < -0.3 is 19.5 Å². The summed E-state index contributed by atoms with van der Waals surface area (Å²) in [6.45, 7) is 3.17. The quantitative estimate of drug-likeness (QED) is 0.340. The fraction of sp³-hybridized carbons (Fsp3) is 0.240. The topological polar surface area (TPSA) is 124 Å². The van der Waals surface area contributed by atoms with Crippen LogP contribution in [0, 0.1) is 6.92 Å². The van der Waals surface area contributed by atoms with Crippen molar-refractivity contribution in [2.45, 2.75) is 6.92 Å². The SMILES string of the molecule is COc1cnc(-c2n[nH]cc2C)c2[nH]cc(C(=O)C(=O)N3CCN(C(=O)c4ccccc4)CC3)c12. The monoisotopic (exact) mass is 472 g/mol. The molecule has 0 saturated carbocycles. The first-order valence-electron chi connectivity index (χ1n) is 11.2. The summed E-state index contributed by atoms with van der Waals surface area (Å²) in [5, 5.41) is 7.55. The van der Waals surface area contributed by atoms with Crippen LogP contribution in [0.25, 0.3) is 22.3 Å². The highest BCUT2D eigenvalue weighted by Gasteiger charge is 2.31. The van der Waals surface area contributed by atoms with Gasteiger partial charge in [0.05, 0.1) is 29.8 Å². The number of Topliss-reactive ketones (excluding diaryl/α,β-unsaturated/α-hetero) is 1. The Balaban J connectivity index is 1.37. The summed E-state index contributed by atoms with van der Waals surface area (Å²) < 4.78 is 5.45. The summed E-state index contributed by atoms with van der Waals surface area (Å²) in [4.78, 5) is 49.9. The van der Waals surface area contributed by atoms with E-state index in [0.717, 1.165) is 5.56 Å². The molecule has 0 spiro atoms. The third-order valence-electron chi connectivity index (χ3n) is 6.26. The summed E-state index contributed by atoms with van der Waals surface area (Å²) in [5.74, 6) is -0.964. The minimum Gasteiger partial charge on any atom is -0.494 e. The van der Waals surface area contributed by atoms with Gasteiger partial charge >= 0.3 is 0 Å². The Hall–Kier alpha value is -4.47. The van der Waals surface area contributed by atoms with Gasteiger partial charge in [-0.05, 0) is 24.6 Å². The van der Waals surface area contributed by atoms with Gasteiger partial charge in [-0.15, -0.1) is 0 Å². The molecule has 0 atom stereocenters. The van der Waals surface area contributed by atoms with E-state index in [-0.39, 0.29) is 24.6 Å². The molecule has 178 valence electrons. The van der Waals surface area contributed by atoms with Gasteiger partial charge in [0, 0.05) is 44.1 Å². The molecule has 1 aliphatic heterocycles. The Morgan fingerprint density at radius 2 is 1.69 bits per heavy atom. The molecule has 1 saturated heterocycles. The zero-order chi connectivity index (χ0) is 24.5. The van der Waals surface area contributed by atoms with Crippen molar-refractivity contribution in [1.29, 1.82) is 0 Å². The van der Waals surface area contributed by atoms with E-state index in [1.165, 1.54) is 24.4 Å². The molecule has 10 heteroatoms. The fourth-order valence-corrected chi connectivity index (χ4v) is 4.36. The normalized spacial score (nSPS) is 13.8. The van der Waals surface area contributed by atoms with E-state index in [1.54, 1.807) is 23.2 Å². The number of benzene rings is 1. The number of carbonyl (C=O) groups is 3. The lowest BCUT2D eigenvalue weighted by Gasteiger charge is -2.34. The molecule has 0 aliphatic carbocycles. The number of hydrogen-bond acceptors (Lipinski definition) is 6. The van der Waals surface area contributed by atoms with Crippen molar-refractivity contribution in [3.63, 3.8) is 0 Å². The Morgan fingerprint density at radius 3 is 2.34 bits per heavy atom. The van der Waals surface area contributed by atoms with Crippen LogP contribution in [0.5, 0.6) is 5.75 Å². The van der Waals surface area contributed by atoms with Gasteiger partial charge in [-0.25, -0.2) is 4.98 Å². The molecule has 5 rings (SSSR count). The van der Waals surface area contributed by atoms with Crippen LogP contribution in [0.4, 0.5) is 0 Å². The second kappa shape index (κ2) is 9.05. The molecule has 2 N–H and O–H groups in total. The lowest BCUT2D eigenvalue weighted by molar-refractivity contribution is -0.127. The predicted molar refractivity (Wildman–Crippen MR) is 128 cm³/mol. The van der Waals surface area contributed by atoms with Crippen LogP contribution in [-0.4, -0.2) is 80.9 Å². The number of fused-ring (bicyclic) bond motifs is 1. The highest BCUT2D eigenvalue weighted by Crippen LogP contribution is 2.35. The number of aryl methyl sites for hydroxylation is 1. The molecule has 35 heavy (non-hydrogen) atoms. The van der Waals surface area contributed by atoms with Crippen molar-refractivity contribution in [3.05, 3.63) is 65.6 Å². The van der Waals surface area contributed by atoms with Crippen LogP contribution >= 0.6 is 0 Å². The Bertz CT molecular complexity index is 1420. The van der Waals surface area contributed by atoms with Crippen molar-refractivity contribution in [2.24, 2.45) is 0 Å². The first-order valence-corrected chi connectivity index (χ1v) is 11.2. The van der Waals surface area contributed by atoms with E-state index in [1.807, 2.05) is 25.1 Å². The zero-order valence-corrected chi connectivity index (χ0v) is 19.4. The van der Waals surface area contributed by atoms with Gasteiger partial charge in [-0.3, -0.25) is 19.5 Å². The largest absolute Gasteiger partial charge is 0.494 e. The maximum absolute atomic E-state index is 13.3. The van der Waals surface area contributed by atoms with Crippen LogP contribution in [0.15, 0.2) is 48.9 Å². The summed E-state index contributed by atoms with van der Waals surface area (Å²) >= 11 is 0. The molecule has 0 radical (unpaired) electrons. The summed E-state index contributed by atoms with van der Waals surface area (Å²) in [7, 11) is 1.49. The molecule has 4 aromatic rings. The third-order valence-corrected chi connectivity index (χ3v) is 6.26. The number of carbonyl (C=O) groups excluding carboxylic acids is 3. The van der Waals surface area contributed by atoms with Gasteiger partial charge in [0.25, 0.3) is 17.6 Å². The van der Waals surface area contributed by atoms with Crippen molar-refractivity contribution < 1.29 is 19.1 Å². The van der Waals surface area contributed by atoms with Gasteiger partial charge in [0.15, 0.2) is 0 Å². The van der Waals surface area contributed by atoms with Crippen LogP contribution < -0.4 is 4.74 Å². The van der Waals surface area contributed by atoms with E-state index in [9.17, 15) is 14.4 Å². The van der Waals surface area contributed by atoms with Crippen LogP contribution in [0.2, 0.25) is 0 Å². The minimum atomic E-state index is -0.645. The average Bonchev–Trinajstić information content (AvgIpc) is 3.54. The number of ether oxygens (including phenoxy) is 1. The Kier molecular flexibility index (Phi) is 5.77. The number of nitrogens with one attached hydrogen (secondary N) is 2. The predicted octanol–water partition coefficient (Wildman–Crippen LogP) is 2.44. The lowest BCUT2D eigenvalue weighted by Crippen LogP contribution is -2.52. The number of pyridine rings is 1. The average molecular weight is 473 g/mol. The number of methoxy groups -OCH3 is 1. The Morgan fingerprint density at radius 1 is 0.971 bits per heavy atom. The number of hydrogen-bond donors (Lipinski definition) is 2. The molecule has 1 fully saturated rings. The molecule has 2 amide bonds. The molecule has 4 heterocycles. The van der Waals surface area contributed by atoms with Crippen LogP contribution in [0.3, 0.4) is 0 Å². The lowest BCUT2D eigenvalue weighted by atomic mass is 10.1. The Labute approximate surface area is 200 Å². The molecule has 0 unspecified atom stereocenters. The number of H-pyrrole nitrogens is 2. The van der Waals surface area contributed by atoms with E-state index >= 15 is 0 Å². The first kappa shape index (κ1) is 22.3. The van der Waals surface area contributed by atoms with Gasteiger partial charge in [-0.2, -0.15) is 5.10 Å². The fourth-order valence-electron chi connectivity index (χ4n) is 4.36. The number of nitrogens with zero attached hydrogens (tertiary/aromatic N) is 4. The molecule has 3 aromatic heterocycles. The highest BCUT2D eigenvalue weighted by molar-refractivity contribution is 6.45. The molecule has 10 nitrogen and oxygen atoms in total. The van der Waals surface area contributed by atoms with Gasteiger partial charge in [0.1, 0.15) is 17.1 Å². The van der Waals surface area contributed by atoms with Gasteiger partial charge in [0.2, 0.25) is 0 Å². The van der Waals surface area contributed by atoms with E-state index in [0.29, 0.717) is 46.7 Å². The number of aromatic amines is 2. The second-order valence-electron chi connectivity index (χ2n) is 8.32. The van der Waals surface area contributed by atoms with Crippen LogP contribution in [-0.2, 0) is 4.79 Å². The van der Waals surface area contributed by atoms with Crippen LogP contribution in [0.1, 0.15) is 26.3 Å². The minimum absolute atomic E-state index is 0.0842. The molecular formula is C25H24N6O4. The van der Waals surface area contributed by atoms with Crippen molar-refractivity contribution in [2.75, 3.05) is 33.3 Å². The number of aromatic nitrogens is 4. The van der Waals surface area contributed by atoms with Crippen molar-refractivity contribution >= 4 is 28.5 Å². The van der Waals surface area contributed by atoms with E-state index < -0.39 is 11.7 Å². The number of piperazine rings is 1. The molecule has 1 aromatic carbocycles. The van der Waals surface area contributed by atoms with E-state index in [2.05, 4.69) is 20.2 Å². The number of ketones is 1. The maximum atomic E-state index is 13.3. The molecule has 1 aliphatic rings. The molecular weight excluding hydrogens is 448 g/mol.